The first-order valence-electron chi connectivity index (χ1n) is 7.69. The lowest BCUT2D eigenvalue weighted by Gasteiger charge is -2.34. The molecule has 0 aromatic heterocycles. The van der Waals surface area contributed by atoms with Gasteiger partial charge in [-0.1, -0.05) is 6.42 Å². The largest absolute Gasteiger partial charge is 0.342 e. The molecule has 3 nitrogen and oxygen atoms in total. The number of carbonyl (C=O) groups is 1. The summed E-state index contributed by atoms with van der Waals surface area (Å²) in [5.41, 5.74) is 6.01. The third kappa shape index (κ3) is 3.43. The molecule has 3 aliphatic carbocycles. The molecule has 0 aliphatic heterocycles. The summed E-state index contributed by atoms with van der Waals surface area (Å²) in [6.45, 7) is 0. The molecule has 0 bridgehead atoms. The van der Waals surface area contributed by atoms with E-state index >= 15 is 0 Å². The second-order valence-corrected chi connectivity index (χ2v) is 6.74. The monoisotopic (exact) mass is 286 g/mol. The molecular formula is C15H27ClN2O. The number of halogens is 1. The molecule has 2 atom stereocenters. The SMILES string of the molecule is CN(C(=O)C1CCCC(N)C1)C(C1CC1)C1CC1.Cl. The summed E-state index contributed by atoms with van der Waals surface area (Å²) in [6, 6.07) is 0.803. The first-order chi connectivity index (χ1) is 8.66. The van der Waals surface area contributed by atoms with Crippen LogP contribution < -0.4 is 5.73 Å². The van der Waals surface area contributed by atoms with E-state index in [-0.39, 0.29) is 24.4 Å². The van der Waals surface area contributed by atoms with Gasteiger partial charge >= 0.3 is 0 Å². The fraction of sp³-hybridized carbons (Fsp3) is 0.933. The summed E-state index contributed by atoms with van der Waals surface area (Å²) in [5.74, 6) is 2.21. The van der Waals surface area contributed by atoms with Crippen molar-refractivity contribution in [3.05, 3.63) is 0 Å². The number of nitrogens with two attached hydrogens (primary N) is 1. The molecular weight excluding hydrogens is 260 g/mol. The number of nitrogens with zero attached hydrogens (tertiary/aromatic N) is 1. The molecule has 2 unspecified atom stereocenters. The van der Waals surface area contributed by atoms with Crippen molar-refractivity contribution >= 4 is 18.3 Å². The molecule has 0 aromatic rings. The summed E-state index contributed by atoms with van der Waals surface area (Å²) in [5, 5.41) is 0. The van der Waals surface area contributed by atoms with E-state index in [1.165, 1.54) is 25.7 Å². The first-order valence-corrected chi connectivity index (χ1v) is 7.69. The molecule has 4 heteroatoms. The average Bonchev–Trinajstić information content (AvgIpc) is 3.22. The number of hydrogen-bond acceptors (Lipinski definition) is 2. The van der Waals surface area contributed by atoms with Crippen molar-refractivity contribution in [2.45, 2.75) is 63.5 Å². The minimum atomic E-state index is 0. The van der Waals surface area contributed by atoms with Gasteiger partial charge in [0.1, 0.15) is 0 Å². The molecule has 19 heavy (non-hydrogen) atoms. The lowest BCUT2D eigenvalue weighted by Crippen LogP contribution is -2.45. The Morgan fingerprint density at radius 2 is 1.68 bits per heavy atom. The van der Waals surface area contributed by atoms with E-state index in [9.17, 15) is 4.79 Å². The van der Waals surface area contributed by atoms with Gasteiger partial charge in [-0.2, -0.15) is 0 Å². The summed E-state index contributed by atoms with van der Waals surface area (Å²) in [7, 11) is 2.05. The van der Waals surface area contributed by atoms with Crippen LogP contribution in [0, 0.1) is 17.8 Å². The van der Waals surface area contributed by atoms with Gasteiger partial charge in [-0.25, -0.2) is 0 Å². The summed E-state index contributed by atoms with van der Waals surface area (Å²) < 4.78 is 0. The van der Waals surface area contributed by atoms with Gasteiger partial charge in [-0.3, -0.25) is 4.79 Å². The van der Waals surface area contributed by atoms with E-state index in [2.05, 4.69) is 4.90 Å². The van der Waals surface area contributed by atoms with Crippen LogP contribution >= 0.6 is 12.4 Å². The molecule has 0 radical (unpaired) electrons. The zero-order valence-electron chi connectivity index (χ0n) is 11.9. The molecule has 110 valence electrons. The minimum Gasteiger partial charge on any atom is -0.342 e. The maximum atomic E-state index is 12.6. The van der Waals surface area contributed by atoms with Gasteiger partial charge in [0, 0.05) is 25.0 Å². The van der Waals surface area contributed by atoms with Crippen LogP contribution in [0.2, 0.25) is 0 Å². The Morgan fingerprint density at radius 3 is 2.16 bits per heavy atom. The predicted molar refractivity (Wildman–Crippen MR) is 79.2 cm³/mol. The Labute approximate surface area is 122 Å². The van der Waals surface area contributed by atoms with Gasteiger partial charge in [0.2, 0.25) is 5.91 Å². The van der Waals surface area contributed by atoms with Crippen molar-refractivity contribution in [3.63, 3.8) is 0 Å². The zero-order chi connectivity index (χ0) is 12.7. The second kappa shape index (κ2) is 6.01. The standard InChI is InChI=1S/C15H26N2O.ClH/c1-17(14(10-5-6-10)11-7-8-11)15(18)12-3-2-4-13(16)9-12;/h10-14H,2-9,16H2,1H3;1H. The Morgan fingerprint density at radius 1 is 1.11 bits per heavy atom. The molecule has 3 fully saturated rings. The van der Waals surface area contributed by atoms with Gasteiger partial charge in [-0.05, 0) is 56.8 Å². The molecule has 3 saturated carbocycles. The molecule has 0 heterocycles. The van der Waals surface area contributed by atoms with Crippen molar-refractivity contribution in [2.75, 3.05) is 7.05 Å². The molecule has 0 aromatic carbocycles. The van der Waals surface area contributed by atoms with Crippen LogP contribution in [0.4, 0.5) is 0 Å². The summed E-state index contributed by atoms with van der Waals surface area (Å²) in [4.78, 5) is 14.7. The van der Waals surface area contributed by atoms with E-state index in [1.807, 2.05) is 7.05 Å². The third-order valence-electron chi connectivity index (χ3n) is 5.07. The van der Waals surface area contributed by atoms with Crippen molar-refractivity contribution in [1.82, 2.24) is 4.90 Å². The highest BCUT2D eigenvalue weighted by molar-refractivity contribution is 5.85. The van der Waals surface area contributed by atoms with Crippen molar-refractivity contribution in [3.8, 4) is 0 Å². The highest BCUT2D eigenvalue weighted by atomic mass is 35.5. The number of carbonyl (C=O) groups excluding carboxylic acids is 1. The molecule has 0 saturated heterocycles. The van der Waals surface area contributed by atoms with Crippen LogP contribution in [-0.2, 0) is 4.79 Å². The van der Waals surface area contributed by atoms with E-state index in [1.54, 1.807) is 0 Å². The normalized spacial score (nSPS) is 30.9. The van der Waals surface area contributed by atoms with E-state index in [4.69, 9.17) is 5.73 Å². The lowest BCUT2D eigenvalue weighted by molar-refractivity contribution is -0.138. The number of rotatable bonds is 4. The van der Waals surface area contributed by atoms with Crippen molar-refractivity contribution < 1.29 is 4.79 Å². The fourth-order valence-corrected chi connectivity index (χ4v) is 3.78. The fourth-order valence-electron chi connectivity index (χ4n) is 3.78. The van der Waals surface area contributed by atoms with Crippen molar-refractivity contribution in [1.29, 1.82) is 0 Å². The maximum Gasteiger partial charge on any atom is 0.225 e. The molecule has 0 spiro atoms. The second-order valence-electron chi connectivity index (χ2n) is 6.74. The summed E-state index contributed by atoms with van der Waals surface area (Å²) >= 11 is 0. The molecule has 1 amide bonds. The molecule has 2 N–H and O–H groups in total. The smallest absolute Gasteiger partial charge is 0.225 e. The van der Waals surface area contributed by atoms with Crippen LogP contribution in [0.25, 0.3) is 0 Å². The summed E-state index contributed by atoms with van der Waals surface area (Å²) in [6.07, 6.45) is 9.53. The molecule has 3 rings (SSSR count). The topological polar surface area (TPSA) is 46.3 Å². The number of amides is 1. The quantitative estimate of drug-likeness (QED) is 0.863. The highest BCUT2D eigenvalue weighted by Crippen LogP contribution is 2.47. The zero-order valence-corrected chi connectivity index (χ0v) is 12.7. The van der Waals surface area contributed by atoms with Crippen LogP contribution in [0.15, 0.2) is 0 Å². The number of hydrogen-bond donors (Lipinski definition) is 1. The lowest BCUT2D eigenvalue weighted by atomic mass is 9.85. The van der Waals surface area contributed by atoms with E-state index in [0.717, 1.165) is 37.5 Å². The van der Waals surface area contributed by atoms with Gasteiger partial charge < -0.3 is 10.6 Å². The van der Waals surface area contributed by atoms with E-state index < -0.39 is 0 Å². The minimum absolute atomic E-state index is 0. The van der Waals surface area contributed by atoms with Gasteiger partial charge in [-0.15, -0.1) is 12.4 Å². The highest BCUT2D eigenvalue weighted by Gasteiger charge is 2.45. The van der Waals surface area contributed by atoms with Gasteiger partial charge in [0.05, 0.1) is 0 Å². The van der Waals surface area contributed by atoms with Crippen molar-refractivity contribution in [2.24, 2.45) is 23.5 Å². The average molecular weight is 287 g/mol. The van der Waals surface area contributed by atoms with Gasteiger partial charge in [0.15, 0.2) is 0 Å². The Balaban J connectivity index is 0.00000133. The molecule has 3 aliphatic rings. The van der Waals surface area contributed by atoms with Crippen LogP contribution in [0.3, 0.4) is 0 Å². The Hall–Kier alpha value is -0.280. The Bertz CT molecular complexity index is 316. The van der Waals surface area contributed by atoms with Gasteiger partial charge in [0.25, 0.3) is 0 Å². The predicted octanol–water partition coefficient (Wildman–Crippen LogP) is 2.57. The van der Waals surface area contributed by atoms with E-state index in [0.29, 0.717) is 11.9 Å². The van der Waals surface area contributed by atoms with Crippen LogP contribution in [0.1, 0.15) is 51.4 Å². The van der Waals surface area contributed by atoms with Crippen LogP contribution in [0.5, 0.6) is 0 Å². The Kier molecular flexibility index (Phi) is 4.78. The third-order valence-corrected chi connectivity index (χ3v) is 5.07. The maximum absolute atomic E-state index is 12.6. The first kappa shape index (κ1) is 15.1. The van der Waals surface area contributed by atoms with Crippen LogP contribution in [-0.4, -0.2) is 29.9 Å².